The molecule has 35 heavy (non-hydrogen) atoms. The van der Waals surface area contributed by atoms with Gasteiger partial charge >= 0.3 is 12.1 Å². The van der Waals surface area contributed by atoms with Gasteiger partial charge in [0.25, 0.3) is 5.91 Å². The van der Waals surface area contributed by atoms with Crippen LogP contribution in [0.15, 0.2) is 48.8 Å². The second kappa shape index (κ2) is 12.8. The number of aromatic nitrogens is 2. The molecule has 9 heteroatoms. The smallest absolute Gasteiger partial charge is 0.407 e. The van der Waals surface area contributed by atoms with E-state index in [-0.39, 0.29) is 24.1 Å². The number of nitrogens with zero attached hydrogens (tertiary/aromatic N) is 2. The third-order valence-corrected chi connectivity index (χ3v) is 6.30. The summed E-state index contributed by atoms with van der Waals surface area (Å²) in [5.74, 6) is -1.41. The van der Waals surface area contributed by atoms with Crippen LogP contribution in [0.25, 0.3) is 0 Å². The summed E-state index contributed by atoms with van der Waals surface area (Å²) in [5, 5.41) is 5.33. The van der Waals surface area contributed by atoms with Gasteiger partial charge in [0.1, 0.15) is 19.3 Å². The van der Waals surface area contributed by atoms with Gasteiger partial charge in [0.15, 0.2) is 0 Å². The Balaban J connectivity index is 1.52. The second-order valence-electron chi connectivity index (χ2n) is 9.06. The Morgan fingerprint density at radius 3 is 2.37 bits per heavy atom. The van der Waals surface area contributed by atoms with Crippen molar-refractivity contribution in [1.82, 2.24) is 20.6 Å². The predicted octanol–water partition coefficient (Wildman–Crippen LogP) is 3.76. The van der Waals surface area contributed by atoms with E-state index in [1.54, 1.807) is 18.5 Å². The highest BCUT2D eigenvalue weighted by Gasteiger charge is 2.40. The minimum Gasteiger partial charge on any atom is -0.463 e. The molecule has 0 aliphatic heterocycles. The molecule has 0 saturated heterocycles. The van der Waals surface area contributed by atoms with E-state index in [0.717, 1.165) is 31.2 Å². The van der Waals surface area contributed by atoms with E-state index >= 15 is 0 Å². The number of hydrogen-bond acceptors (Lipinski definition) is 7. The number of nitrogens with one attached hydrogen (secondary N) is 2. The first kappa shape index (κ1) is 26.1. The maximum Gasteiger partial charge on any atom is 0.407 e. The van der Waals surface area contributed by atoms with Crippen molar-refractivity contribution < 1.29 is 23.9 Å². The molecule has 2 aromatic rings. The van der Waals surface area contributed by atoms with Gasteiger partial charge in [-0.3, -0.25) is 9.59 Å². The molecule has 3 rings (SSSR count). The van der Waals surface area contributed by atoms with Crippen LogP contribution in [-0.4, -0.2) is 47.0 Å². The van der Waals surface area contributed by atoms with Crippen LogP contribution in [0.2, 0.25) is 0 Å². The summed E-state index contributed by atoms with van der Waals surface area (Å²) in [7, 11) is 0. The molecule has 1 fully saturated rings. The first-order chi connectivity index (χ1) is 16.9. The highest BCUT2D eigenvalue weighted by molar-refractivity contribution is 6.38. The van der Waals surface area contributed by atoms with Gasteiger partial charge in [0.2, 0.25) is 5.78 Å². The van der Waals surface area contributed by atoms with Gasteiger partial charge < -0.3 is 20.1 Å². The Morgan fingerprint density at radius 1 is 1.03 bits per heavy atom. The highest BCUT2D eigenvalue weighted by atomic mass is 16.6. The number of ether oxygens (including phenoxy) is 2. The Morgan fingerprint density at radius 2 is 1.74 bits per heavy atom. The summed E-state index contributed by atoms with van der Waals surface area (Å²) >= 11 is 0. The normalized spacial score (nSPS) is 15.7. The lowest BCUT2D eigenvalue weighted by Crippen LogP contribution is -2.49. The van der Waals surface area contributed by atoms with Gasteiger partial charge in [0.05, 0.1) is 6.04 Å². The lowest BCUT2D eigenvalue weighted by atomic mass is 9.70. The van der Waals surface area contributed by atoms with E-state index in [0.29, 0.717) is 19.4 Å². The van der Waals surface area contributed by atoms with E-state index in [1.807, 2.05) is 44.2 Å². The molecule has 188 valence electrons. The number of hydrogen-bond donors (Lipinski definition) is 2. The average Bonchev–Trinajstić information content (AvgIpc) is 2.86. The number of alkyl carbamates (subject to hydrolysis) is 1. The molecule has 1 aromatic heterocycles. The number of carbonyl (C=O) groups is 3. The average molecular weight is 483 g/mol. The molecule has 0 spiro atoms. The van der Waals surface area contributed by atoms with Gasteiger partial charge in [-0.05, 0) is 37.8 Å². The maximum absolute atomic E-state index is 12.9. The minimum atomic E-state index is -0.947. The van der Waals surface area contributed by atoms with Crippen molar-refractivity contribution in [3.63, 3.8) is 0 Å². The van der Waals surface area contributed by atoms with Crippen LogP contribution in [0, 0.1) is 5.41 Å². The van der Waals surface area contributed by atoms with Gasteiger partial charge in [-0.15, -0.1) is 0 Å². The molecule has 2 amide bonds. The number of unbranched alkanes of at least 4 members (excludes halogenated alkanes) is 1. The lowest BCUT2D eigenvalue weighted by molar-refractivity contribution is -0.139. The molecule has 0 unspecified atom stereocenters. The van der Waals surface area contributed by atoms with Crippen LogP contribution in [0.4, 0.5) is 4.79 Å². The van der Waals surface area contributed by atoms with Crippen molar-refractivity contribution in [2.24, 2.45) is 5.41 Å². The maximum atomic E-state index is 12.9. The van der Waals surface area contributed by atoms with Crippen molar-refractivity contribution in [3.8, 4) is 6.01 Å². The van der Waals surface area contributed by atoms with Crippen molar-refractivity contribution in [3.05, 3.63) is 54.4 Å². The first-order valence-electron chi connectivity index (χ1n) is 12.2. The van der Waals surface area contributed by atoms with Crippen molar-refractivity contribution in [2.75, 3.05) is 13.2 Å². The fraction of sp³-hybridized carbons (Fsp3) is 0.500. The third kappa shape index (κ3) is 7.77. The van der Waals surface area contributed by atoms with E-state index < -0.39 is 23.8 Å². The van der Waals surface area contributed by atoms with Crippen LogP contribution in [0.5, 0.6) is 6.01 Å². The molecule has 1 aromatic carbocycles. The Labute approximate surface area is 206 Å². The minimum absolute atomic E-state index is 0.150. The molecular weight excluding hydrogens is 448 g/mol. The Hall–Kier alpha value is -3.49. The van der Waals surface area contributed by atoms with Gasteiger partial charge in [-0.2, -0.15) is 0 Å². The fourth-order valence-electron chi connectivity index (χ4n) is 3.92. The molecule has 1 aliphatic rings. The van der Waals surface area contributed by atoms with Crippen LogP contribution in [-0.2, 0) is 14.3 Å². The van der Waals surface area contributed by atoms with Crippen molar-refractivity contribution in [2.45, 2.75) is 64.5 Å². The zero-order valence-electron chi connectivity index (χ0n) is 20.4. The van der Waals surface area contributed by atoms with E-state index in [9.17, 15) is 14.4 Å². The topological polar surface area (TPSA) is 120 Å². The summed E-state index contributed by atoms with van der Waals surface area (Å²) in [5.41, 5.74) is 0.585. The van der Waals surface area contributed by atoms with E-state index in [1.165, 1.54) is 0 Å². The number of benzene rings is 1. The molecule has 0 bridgehead atoms. The number of ketones is 1. The molecule has 2 N–H and O–H groups in total. The first-order valence-corrected chi connectivity index (χ1v) is 12.2. The largest absolute Gasteiger partial charge is 0.463 e. The van der Waals surface area contributed by atoms with Gasteiger partial charge in [-0.25, -0.2) is 14.8 Å². The SMILES string of the molecule is CCCC[C@H](NC(=O)OCC1(COc2ncccn2)CCC1)C(=O)C(=O)N[C@H](C)c1ccccc1. The van der Waals surface area contributed by atoms with Crippen LogP contribution in [0.1, 0.15) is 64.0 Å². The summed E-state index contributed by atoms with van der Waals surface area (Å²) in [6.45, 7) is 4.28. The number of Topliss-reactive ketones (excluding diaryl/α,β-unsaturated/α-hetero) is 1. The fourth-order valence-corrected chi connectivity index (χ4v) is 3.92. The summed E-state index contributed by atoms with van der Waals surface area (Å²) < 4.78 is 11.2. The zero-order valence-corrected chi connectivity index (χ0v) is 20.4. The van der Waals surface area contributed by atoms with Gasteiger partial charge in [-0.1, -0.05) is 56.5 Å². The summed E-state index contributed by atoms with van der Waals surface area (Å²) in [4.78, 5) is 46.2. The number of rotatable bonds is 13. The standard InChI is InChI=1S/C26H34N4O5/c1-3-4-12-21(22(31)23(32)29-19(2)20-10-6-5-7-11-20)30-25(33)35-18-26(13-8-14-26)17-34-24-27-15-9-16-28-24/h5-7,9-11,15-16,19,21H,3-4,8,12-14,17-18H2,1-2H3,(H,29,32)(H,30,33)/t19-,21+/m1/s1. The molecule has 1 saturated carbocycles. The molecule has 1 heterocycles. The Bertz CT molecular complexity index is 966. The summed E-state index contributed by atoms with van der Waals surface area (Å²) in [6.07, 6.45) is 7.07. The number of amides is 2. The van der Waals surface area contributed by atoms with Crippen LogP contribution in [0.3, 0.4) is 0 Å². The molecule has 2 atom stereocenters. The molecular formula is C26H34N4O5. The molecule has 9 nitrogen and oxygen atoms in total. The van der Waals surface area contributed by atoms with Crippen LogP contribution >= 0.6 is 0 Å². The van der Waals surface area contributed by atoms with Gasteiger partial charge in [0, 0.05) is 17.8 Å². The van der Waals surface area contributed by atoms with E-state index in [2.05, 4.69) is 20.6 Å². The van der Waals surface area contributed by atoms with Crippen molar-refractivity contribution >= 4 is 17.8 Å². The highest BCUT2D eigenvalue weighted by Crippen LogP contribution is 2.41. The predicted molar refractivity (Wildman–Crippen MR) is 130 cm³/mol. The van der Waals surface area contributed by atoms with E-state index in [4.69, 9.17) is 9.47 Å². The molecule has 1 aliphatic carbocycles. The lowest BCUT2D eigenvalue weighted by Gasteiger charge is -2.40. The second-order valence-corrected chi connectivity index (χ2v) is 9.06. The quantitative estimate of drug-likeness (QED) is 0.417. The van der Waals surface area contributed by atoms with Crippen molar-refractivity contribution in [1.29, 1.82) is 0 Å². The summed E-state index contributed by atoms with van der Waals surface area (Å²) in [6, 6.07) is 10.1. The third-order valence-electron chi connectivity index (χ3n) is 6.30. The molecule has 0 radical (unpaired) electrons. The Kier molecular flexibility index (Phi) is 9.57. The van der Waals surface area contributed by atoms with Crippen LogP contribution < -0.4 is 15.4 Å². The zero-order chi connectivity index (χ0) is 25.1. The number of carbonyl (C=O) groups excluding carboxylic acids is 3. The monoisotopic (exact) mass is 482 g/mol.